The molecule has 0 saturated carbocycles. The van der Waals surface area contributed by atoms with Gasteiger partial charge in [-0.2, -0.15) is 5.26 Å². The summed E-state index contributed by atoms with van der Waals surface area (Å²) in [6, 6.07) is 10.9. The standard InChI is InChI=1S/C17H13BrFNO/c18-16-13(10-20)6-8-15(17(16)19)21-14-7-5-11-3-1-2-4-12(11)9-14/h5-9H,1-4H2. The Labute approximate surface area is 131 Å². The second kappa shape index (κ2) is 5.87. The molecule has 0 aromatic heterocycles. The molecule has 0 aliphatic heterocycles. The van der Waals surface area contributed by atoms with Crippen LogP contribution in [0.5, 0.6) is 11.5 Å². The van der Waals surface area contributed by atoms with Crippen LogP contribution >= 0.6 is 15.9 Å². The lowest BCUT2D eigenvalue weighted by molar-refractivity contribution is 0.439. The fraction of sp³-hybridized carbons (Fsp3) is 0.235. The maximum Gasteiger partial charge on any atom is 0.181 e. The fourth-order valence-corrected chi connectivity index (χ4v) is 3.01. The van der Waals surface area contributed by atoms with Crippen molar-refractivity contribution in [2.45, 2.75) is 25.7 Å². The number of hydrogen-bond acceptors (Lipinski definition) is 2. The summed E-state index contributed by atoms with van der Waals surface area (Å²) in [4.78, 5) is 0. The van der Waals surface area contributed by atoms with Gasteiger partial charge in [-0.25, -0.2) is 4.39 Å². The van der Waals surface area contributed by atoms with Gasteiger partial charge >= 0.3 is 0 Å². The summed E-state index contributed by atoms with van der Waals surface area (Å²) >= 11 is 3.09. The maximum atomic E-state index is 14.2. The van der Waals surface area contributed by atoms with E-state index in [9.17, 15) is 4.39 Å². The van der Waals surface area contributed by atoms with Crippen LogP contribution in [0.4, 0.5) is 4.39 Å². The van der Waals surface area contributed by atoms with Crippen molar-refractivity contribution in [3.8, 4) is 17.6 Å². The number of halogens is 2. The van der Waals surface area contributed by atoms with E-state index in [2.05, 4.69) is 22.0 Å². The zero-order chi connectivity index (χ0) is 14.8. The van der Waals surface area contributed by atoms with Crippen LogP contribution in [0.1, 0.15) is 29.5 Å². The van der Waals surface area contributed by atoms with E-state index in [4.69, 9.17) is 10.00 Å². The number of rotatable bonds is 2. The summed E-state index contributed by atoms with van der Waals surface area (Å²) < 4.78 is 19.9. The summed E-state index contributed by atoms with van der Waals surface area (Å²) in [6.45, 7) is 0. The number of nitrogens with zero attached hydrogens (tertiary/aromatic N) is 1. The molecule has 0 radical (unpaired) electrons. The molecule has 21 heavy (non-hydrogen) atoms. The van der Waals surface area contributed by atoms with Crippen LogP contribution in [0.25, 0.3) is 0 Å². The highest BCUT2D eigenvalue weighted by Gasteiger charge is 2.14. The molecule has 1 aliphatic carbocycles. The van der Waals surface area contributed by atoms with Crippen LogP contribution in [0, 0.1) is 17.1 Å². The third kappa shape index (κ3) is 2.79. The number of nitriles is 1. The molecule has 0 unspecified atom stereocenters. The smallest absolute Gasteiger partial charge is 0.181 e. The summed E-state index contributed by atoms with van der Waals surface area (Å²) in [5, 5.41) is 8.87. The molecule has 106 valence electrons. The van der Waals surface area contributed by atoms with Crippen molar-refractivity contribution < 1.29 is 9.13 Å². The summed E-state index contributed by atoms with van der Waals surface area (Å²) in [5.41, 5.74) is 2.90. The lowest BCUT2D eigenvalue weighted by Gasteiger charge is -2.17. The first-order valence-electron chi connectivity index (χ1n) is 6.87. The molecule has 0 atom stereocenters. The highest BCUT2D eigenvalue weighted by molar-refractivity contribution is 9.10. The minimum absolute atomic E-state index is 0.122. The van der Waals surface area contributed by atoms with Crippen LogP contribution in [-0.2, 0) is 12.8 Å². The quantitative estimate of drug-likeness (QED) is 0.755. The Morgan fingerprint density at radius 1 is 1.10 bits per heavy atom. The molecular weight excluding hydrogens is 333 g/mol. The Balaban J connectivity index is 1.91. The number of benzene rings is 2. The van der Waals surface area contributed by atoms with Crippen LogP contribution in [0.2, 0.25) is 0 Å². The van der Waals surface area contributed by atoms with Gasteiger partial charge in [-0.1, -0.05) is 6.07 Å². The zero-order valence-electron chi connectivity index (χ0n) is 11.3. The molecule has 0 spiro atoms. The predicted molar refractivity (Wildman–Crippen MR) is 82.0 cm³/mol. The minimum atomic E-state index is -0.549. The van der Waals surface area contributed by atoms with Crippen molar-refractivity contribution in [2.24, 2.45) is 0 Å². The van der Waals surface area contributed by atoms with Gasteiger partial charge in [0.25, 0.3) is 0 Å². The first-order chi connectivity index (χ1) is 10.2. The van der Waals surface area contributed by atoms with Gasteiger partial charge in [0, 0.05) is 0 Å². The van der Waals surface area contributed by atoms with E-state index in [1.165, 1.54) is 30.0 Å². The molecule has 2 nitrogen and oxygen atoms in total. The third-order valence-corrected chi connectivity index (χ3v) is 4.49. The Bertz CT molecular complexity index is 736. The Morgan fingerprint density at radius 3 is 2.62 bits per heavy atom. The van der Waals surface area contributed by atoms with E-state index in [0.29, 0.717) is 5.75 Å². The Kier molecular flexibility index (Phi) is 3.94. The van der Waals surface area contributed by atoms with Crippen molar-refractivity contribution in [3.05, 3.63) is 57.3 Å². The van der Waals surface area contributed by atoms with Gasteiger partial charge in [0.1, 0.15) is 11.8 Å². The molecule has 2 aromatic carbocycles. The van der Waals surface area contributed by atoms with Gasteiger partial charge in [-0.05, 0) is 77.0 Å². The average Bonchev–Trinajstić information content (AvgIpc) is 2.52. The molecule has 0 amide bonds. The van der Waals surface area contributed by atoms with E-state index in [0.717, 1.165) is 12.8 Å². The van der Waals surface area contributed by atoms with E-state index in [1.807, 2.05) is 18.2 Å². The average molecular weight is 346 g/mol. The van der Waals surface area contributed by atoms with Crippen LogP contribution in [0.15, 0.2) is 34.8 Å². The van der Waals surface area contributed by atoms with Gasteiger partial charge in [0.05, 0.1) is 10.0 Å². The Hall–Kier alpha value is -1.86. The summed E-state index contributed by atoms with van der Waals surface area (Å²) in [6.07, 6.45) is 4.57. The summed E-state index contributed by atoms with van der Waals surface area (Å²) in [7, 11) is 0. The second-order valence-corrected chi connectivity index (χ2v) is 5.88. The van der Waals surface area contributed by atoms with E-state index in [1.54, 1.807) is 6.07 Å². The monoisotopic (exact) mass is 345 g/mol. The topological polar surface area (TPSA) is 33.0 Å². The molecule has 2 aromatic rings. The molecule has 1 aliphatic rings. The minimum Gasteiger partial charge on any atom is -0.454 e. The zero-order valence-corrected chi connectivity index (χ0v) is 12.9. The van der Waals surface area contributed by atoms with Gasteiger partial charge in [-0.15, -0.1) is 0 Å². The van der Waals surface area contributed by atoms with Gasteiger partial charge < -0.3 is 4.74 Å². The lowest BCUT2D eigenvalue weighted by Crippen LogP contribution is -2.02. The third-order valence-electron chi connectivity index (χ3n) is 3.72. The molecule has 0 heterocycles. The van der Waals surface area contributed by atoms with E-state index >= 15 is 0 Å². The normalized spacial score (nSPS) is 13.4. The molecule has 0 saturated heterocycles. The maximum absolute atomic E-state index is 14.2. The Morgan fingerprint density at radius 2 is 1.86 bits per heavy atom. The molecular formula is C17H13BrFNO. The molecule has 0 bridgehead atoms. The van der Waals surface area contributed by atoms with Crippen molar-refractivity contribution >= 4 is 15.9 Å². The molecule has 0 fully saturated rings. The van der Waals surface area contributed by atoms with Gasteiger partial charge in [0.15, 0.2) is 11.6 Å². The largest absolute Gasteiger partial charge is 0.454 e. The number of hydrogen-bond donors (Lipinski definition) is 0. The van der Waals surface area contributed by atoms with Crippen LogP contribution in [0.3, 0.4) is 0 Å². The van der Waals surface area contributed by atoms with Crippen LogP contribution < -0.4 is 4.74 Å². The highest BCUT2D eigenvalue weighted by atomic mass is 79.9. The van der Waals surface area contributed by atoms with Gasteiger partial charge in [-0.3, -0.25) is 0 Å². The summed E-state index contributed by atoms with van der Waals surface area (Å²) in [5.74, 6) is 0.203. The first-order valence-corrected chi connectivity index (χ1v) is 7.66. The SMILES string of the molecule is N#Cc1ccc(Oc2ccc3c(c2)CCCC3)c(F)c1Br. The van der Waals surface area contributed by atoms with Crippen molar-refractivity contribution in [1.82, 2.24) is 0 Å². The number of ether oxygens (including phenoxy) is 1. The second-order valence-electron chi connectivity index (χ2n) is 5.09. The lowest BCUT2D eigenvalue weighted by atomic mass is 9.92. The van der Waals surface area contributed by atoms with E-state index < -0.39 is 5.82 Å². The first kappa shape index (κ1) is 14.1. The van der Waals surface area contributed by atoms with Crippen LogP contribution in [-0.4, -0.2) is 0 Å². The highest BCUT2D eigenvalue weighted by Crippen LogP contribution is 2.33. The number of fused-ring (bicyclic) bond motifs is 1. The van der Waals surface area contributed by atoms with Crippen molar-refractivity contribution in [3.63, 3.8) is 0 Å². The van der Waals surface area contributed by atoms with Gasteiger partial charge in [0.2, 0.25) is 0 Å². The molecule has 3 rings (SSSR count). The fourth-order valence-electron chi connectivity index (χ4n) is 2.60. The van der Waals surface area contributed by atoms with Crippen molar-refractivity contribution in [2.75, 3.05) is 0 Å². The number of aryl methyl sites for hydroxylation is 2. The van der Waals surface area contributed by atoms with Crippen molar-refractivity contribution in [1.29, 1.82) is 5.26 Å². The van der Waals surface area contributed by atoms with E-state index in [-0.39, 0.29) is 15.8 Å². The molecule has 0 N–H and O–H groups in total. The predicted octanol–water partition coefficient (Wildman–Crippen LogP) is 5.13. The molecule has 4 heteroatoms.